The number of nitrogens with two attached hydrogens (primary N) is 1. The lowest BCUT2D eigenvalue weighted by Gasteiger charge is -2.14. The summed E-state index contributed by atoms with van der Waals surface area (Å²) in [6, 6.07) is 7.64. The molecule has 0 aliphatic rings. The van der Waals surface area contributed by atoms with Crippen LogP contribution in [0.3, 0.4) is 0 Å². The van der Waals surface area contributed by atoms with E-state index in [0.29, 0.717) is 25.5 Å². The van der Waals surface area contributed by atoms with Gasteiger partial charge in [0.1, 0.15) is 5.75 Å². The predicted octanol–water partition coefficient (Wildman–Crippen LogP) is 2.07. The van der Waals surface area contributed by atoms with Crippen molar-refractivity contribution in [1.29, 1.82) is 0 Å². The summed E-state index contributed by atoms with van der Waals surface area (Å²) in [5, 5.41) is 2.86. The van der Waals surface area contributed by atoms with Crippen molar-refractivity contribution in [3.8, 4) is 5.75 Å². The smallest absolute Gasteiger partial charge is 0.221 e. The third kappa shape index (κ3) is 6.25. The monoisotopic (exact) mass is 264 g/mol. The summed E-state index contributed by atoms with van der Waals surface area (Å²) in [5.74, 6) is 1.27. The number of amides is 1. The van der Waals surface area contributed by atoms with E-state index in [-0.39, 0.29) is 11.9 Å². The highest BCUT2D eigenvalue weighted by molar-refractivity contribution is 5.76. The van der Waals surface area contributed by atoms with Crippen LogP contribution >= 0.6 is 0 Å². The molecule has 1 aromatic carbocycles. The topological polar surface area (TPSA) is 64.3 Å². The minimum absolute atomic E-state index is 0.0336. The standard InChI is InChI=1S/C15H24N2O2/c1-11(2)10-19-14-7-5-4-6-13(14)9-17-15(18)8-12(3)16/h4-7,11-12H,8-10,16H2,1-3H3,(H,17,18). The Kier molecular flexibility index (Phi) is 6.36. The number of ether oxygens (including phenoxy) is 1. The van der Waals surface area contributed by atoms with E-state index in [1.807, 2.05) is 31.2 Å². The van der Waals surface area contributed by atoms with Crippen molar-refractivity contribution in [3.63, 3.8) is 0 Å². The second-order valence-electron chi connectivity index (χ2n) is 5.27. The Bertz CT molecular complexity index is 403. The van der Waals surface area contributed by atoms with E-state index in [1.165, 1.54) is 0 Å². The molecule has 1 aromatic rings. The summed E-state index contributed by atoms with van der Waals surface area (Å²) in [6.07, 6.45) is 0.342. The second-order valence-corrected chi connectivity index (χ2v) is 5.27. The largest absolute Gasteiger partial charge is 0.493 e. The Balaban J connectivity index is 2.55. The molecular weight excluding hydrogens is 240 g/mol. The second kappa shape index (κ2) is 7.79. The van der Waals surface area contributed by atoms with Crippen molar-refractivity contribution in [1.82, 2.24) is 5.32 Å². The van der Waals surface area contributed by atoms with Gasteiger partial charge in [0.15, 0.2) is 0 Å². The molecule has 1 atom stereocenters. The van der Waals surface area contributed by atoms with Crippen molar-refractivity contribution in [2.45, 2.75) is 39.8 Å². The zero-order valence-electron chi connectivity index (χ0n) is 12.0. The van der Waals surface area contributed by atoms with Gasteiger partial charge < -0.3 is 15.8 Å². The van der Waals surface area contributed by atoms with Crippen molar-refractivity contribution < 1.29 is 9.53 Å². The molecule has 0 aliphatic carbocycles. The lowest BCUT2D eigenvalue weighted by atomic mass is 10.2. The van der Waals surface area contributed by atoms with Crippen molar-refractivity contribution in [2.75, 3.05) is 6.61 Å². The molecule has 1 unspecified atom stereocenters. The Morgan fingerprint density at radius 3 is 2.63 bits per heavy atom. The Morgan fingerprint density at radius 1 is 1.32 bits per heavy atom. The third-order valence-corrected chi connectivity index (χ3v) is 2.53. The Morgan fingerprint density at radius 2 is 2.00 bits per heavy atom. The molecule has 0 radical (unpaired) electrons. The number of carbonyl (C=O) groups is 1. The SMILES string of the molecule is CC(C)COc1ccccc1CNC(=O)CC(C)N. The Labute approximate surface area is 115 Å². The van der Waals surface area contributed by atoms with Gasteiger partial charge in [-0.3, -0.25) is 4.79 Å². The summed E-state index contributed by atoms with van der Waals surface area (Å²) in [4.78, 5) is 11.6. The average Bonchev–Trinajstić information content (AvgIpc) is 2.34. The van der Waals surface area contributed by atoms with Crippen LogP contribution in [0.1, 0.15) is 32.8 Å². The molecule has 4 nitrogen and oxygen atoms in total. The van der Waals surface area contributed by atoms with Gasteiger partial charge in [0.05, 0.1) is 6.61 Å². The first-order valence-electron chi connectivity index (χ1n) is 6.72. The maximum Gasteiger partial charge on any atom is 0.221 e. The van der Waals surface area contributed by atoms with E-state index in [0.717, 1.165) is 11.3 Å². The summed E-state index contributed by atoms with van der Waals surface area (Å²) in [6.45, 7) is 7.17. The van der Waals surface area contributed by atoms with Crippen molar-refractivity contribution in [3.05, 3.63) is 29.8 Å². The average molecular weight is 264 g/mol. The van der Waals surface area contributed by atoms with Gasteiger partial charge in [-0.1, -0.05) is 32.0 Å². The Hall–Kier alpha value is -1.55. The van der Waals surface area contributed by atoms with Crippen LogP contribution in [-0.2, 0) is 11.3 Å². The number of rotatable bonds is 7. The van der Waals surface area contributed by atoms with E-state index >= 15 is 0 Å². The zero-order valence-corrected chi connectivity index (χ0v) is 12.0. The van der Waals surface area contributed by atoms with Gasteiger partial charge in [0.2, 0.25) is 5.91 Å². The molecule has 0 saturated heterocycles. The maximum atomic E-state index is 11.6. The normalized spacial score (nSPS) is 12.3. The molecule has 19 heavy (non-hydrogen) atoms. The summed E-state index contributed by atoms with van der Waals surface area (Å²) in [5.41, 5.74) is 6.57. The van der Waals surface area contributed by atoms with Gasteiger partial charge in [-0.25, -0.2) is 0 Å². The maximum absolute atomic E-state index is 11.6. The van der Waals surface area contributed by atoms with Crippen LogP contribution in [0.5, 0.6) is 5.75 Å². The van der Waals surface area contributed by atoms with Crippen LogP contribution in [0.4, 0.5) is 0 Å². The summed E-state index contributed by atoms with van der Waals surface area (Å²) < 4.78 is 5.74. The fourth-order valence-electron chi connectivity index (χ4n) is 1.61. The molecule has 1 amide bonds. The minimum Gasteiger partial charge on any atom is -0.493 e. The molecule has 0 heterocycles. The molecule has 4 heteroatoms. The molecule has 1 rings (SSSR count). The molecule has 0 bridgehead atoms. The number of hydrogen-bond donors (Lipinski definition) is 2. The highest BCUT2D eigenvalue weighted by Gasteiger charge is 2.08. The fourth-order valence-corrected chi connectivity index (χ4v) is 1.61. The van der Waals surface area contributed by atoms with Gasteiger partial charge >= 0.3 is 0 Å². The van der Waals surface area contributed by atoms with Crippen LogP contribution in [-0.4, -0.2) is 18.6 Å². The van der Waals surface area contributed by atoms with Crippen LogP contribution in [0.2, 0.25) is 0 Å². The van der Waals surface area contributed by atoms with Gasteiger partial charge in [0, 0.05) is 24.6 Å². The summed E-state index contributed by atoms with van der Waals surface area (Å²) in [7, 11) is 0. The number of hydrogen-bond acceptors (Lipinski definition) is 3. The van der Waals surface area contributed by atoms with E-state index in [4.69, 9.17) is 10.5 Å². The van der Waals surface area contributed by atoms with Gasteiger partial charge in [-0.2, -0.15) is 0 Å². The molecule has 0 aliphatic heterocycles. The molecular formula is C15H24N2O2. The molecule has 0 spiro atoms. The lowest BCUT2D eigenvalue weighted by Crippen LogP contribution is -2.29. The van der Waals surface area contributed by atoms with Crippen LogP contribution in [0.25, 0.3) is 0 Å². The molecule has 0 saturated carbocycles. The zero-order chi connectivity index (χ0) is 14.3. The third-order valence-electron chi connectivity index (χ3n) is 2.53. The molecule has 106 valence electrons. The van der Waals surface area contributed by atoms with Crippen LogP contribution in [0, 0.1) is 5.92 Å². The van der Waals surface area contributed by atoms with E-state index in [9.17, 15) is 4.79 Å². The predicted molar refractivity (Wildman–Crippen MR) is 76.9 cm³/mol. The number of benzene rings is 1. The molecule has 0 fully saturated rings. The number of nitrogens with one attached hydrogen (secondary N) is 1. The molecule has 0 aromatic heterocycles. The van der Waals surface area contributed by atoms with E-state index in [1.54, 1.807) is 0 Å². The first kappa shape index (κ1) is 15.5. The minimum atomic E-state index is -0.118. The number of para-hydroxylation sites is 1. The quantitative estimate of drug-likeness (QED) is 0.792. The lowest BCUT2D eigenvalue weighted by molar-refractivity contribution is -0.121. The number of carbonyl (C=O) groups excluding carboxylic acids is 1. The van der Waals surface area contributed by atoms with Crippen molar-refractivity contribution >= 4 is 5.91 Å². The van der Waals surface area contributed by atoms with Crippen molar-refractivity contribution in [2.24, 2.45) is 11.7 Å². The highest BCUT2D eigenvalue weighted by Crippen LogP contribution is 2.18. The van der Waals surface area contributed by atoms with E-state index in [2.05, 4.69) is 19.2 Å². The molecule has 3 N–H and O–H groups in total. The van der Waals surface area contributed by atoms with Gasteiger partial charge in [0.25, 0.3) is 0 Å². The fraction of sp³-hybridized carbons (Fsp3) is 0.533. The highest BCUT2D eigenvalue weighted by atomic mass is 16.5. The first-order chi connectivity index (χ1) is 8.99. The van der Waals surface area contributed by atoms with Gasteiger partial charge in [-0.15, -0.1) is 0 Å². The van der Waals surface area contributed by atoms with E-state index < -0.39 is 0 Å². The first-order valence-corrected chi connectivity index (χ1v) is 6.72. The van der Waals surface area contributed by atoms with Crippen LogP contribution < -0.4 is 15.8 Å². The van der Waals surface area contributed by atoms with Crippen LogP contribution in [0.15, 0.2) is 24.3 Å². The summed E-state index contributed by atoms with van der Waals surface area (Å²) >= 11 is 0. The van der Waals surface area contributed by atoms with Gasteiger partial charge in [-0.05, 0) is 18.9 Å².